The Kier molecular flexibility index (Phi) is 11.4. The van der Waals surface area contributed by atoms with Gasteiger partial charge in [-0.15, -0.1) is 5.73 Å². The summed E-state index contributed by atoms with van der Waals surface area (Å²) in [5.74, 6) is 1.42. The fraction of sp³-hybridized carbons (Fsp3) is 0.500. The Labute approximate surface area is 249 Å². The van der Waals surface area contributed by atoms with Crippen LogP contribution in [0.2, 0.25) is 0 Å². The average Bonchev–Trinajstić information content (AvgIpc) is 3.18. The summed E-state index contributed by atoms with van der Waals surface area (Å²) in [7, 11) is 0. The second kappa shape index (κ2) is 13.7. The number of likely N-dealkylation sites (tertiary alicyclic amines) is 1. The summed E-state index contributed by atoms with van der Waals surface area (Å²) < 4.78 is 0. The Morgan fingerprint density at radius 3 is 2.37 bits per heavy atom. The van der Waals surface area contributed by atoms with Crippen molar-refractivity contribution >= 4 is 11.5 Å². The normalized spacial score (nSPS) is 22.3. The number of benzene rings is 1. The Balaban J connectivity index is 0.00000119. The van der Waals surface area contributed by atoms with Crippen molar-refractivity contribution in [2.75, 3.05) is 19.7 Å². The number of rotatable bonds is 5. The van der Waals surface area contributed by atoms with Gasteiger partial charge < -0.3 is 20.8 Å². The minimum absolute atomic E-state index is 0. The van der Waals surface area contributed by atoms with Gasteiger partial charge in [-0.3, -0.25) is 4.79 Å². The number of carbonyl (C=O) groups excluding carboxylic acids is 1. The van der Waals surface area contributed by atoms with Gasteiger partial charge in [-0.1, -0.05) is 69.8 Å². The molecule has 1 aliphatic heterocycles. The Morgan fingerprint density at radius 1 is 1.20 bits per heavy atom. The molecular formula is C36H54N2O3. The van der Waals surface area contributed by atoms with E-state index >= 15 is 0 Å². The SMILES string of the molecule is C=C=C(C)NC1(C)C=C2C(=CC1)C(=C)C=C2c1cc(C)cc(C(C)C2CC3(C2)CN(C(C)=O)C3)c1.CC.CCO.O.[HH]. The molecule has 3 aliphatic carbocycles. The van der Waals surface area contributed by atoms with Crippen LogP contribution in [-0.2, 0) is 4.79 Å². The first-order chi connectivity index (χ1) is 18.9. The lowest BCUT2D eigenvalue weighted by molar-refractivity contribution is -0.153. The van der Waals surface area contributed by atoms with Gasteiger partial charge in [-0.2, -0.15) is 0 Å². The topological polar surface area (TPSA) is 84.1 Å². The summed E-state index contributed by atoms with van der Waals surface area (Å²) in [5.41, 5.74) is 13.1. The molecule has 1 aromatic carbocycles. The molecule has 5 rings (SSSR count). The van der Waals surface area contributed by atoms with Crippen molar-refractivity contribution in [1.82, 2.24) is 10.2 Å². The molecule has 226 valence electrons. The molecule has 2 fully saturated rings. The lowest BCUT2D eigenvalue weighted by Crippen LogP contribution is -2.63. The molecule has 1 saturated carbocycles. The first-order valence-electron chi connectivity index (χ1n) is 14.9. The first-order valence-corrected chi connectivity index (χ1v) is 14.9. The largest absolute Gasteiger partial charge is 0.412 e. The van der Waals surface area contributed by atoms with Crippen molar-refractivity contribution in [2.45, 2.75) is 86.1 Å². The van der Waals surface area contributed by atoms with Gasteiger partial charge in [0.2, 0.25) is 5.91 Å². The highest BCUT2D eigenvalue weighted by atomic mass is 16.2. The van der Waals surface area contributed by atoms with E-state index in [-0.39, 0.29) is 25.0 Å². The van der Waals surface area contributed by atoms with Crippen molar-refractivity contribution in [3.05, 3.63) is 94.4 Å². The number of aliphatic hydroxyl groups is 1. The van der Waals surface area contributed by atoms with Crippen LogP contribution in [0.15, 0.2) is 77.7 Å². The molecule has 41 heavy (non-hydrogen) atoms. The molecule has 5 heteroatoms. The minimum atomic E-state index is -0.173. The van der Waals surface area contributed by atoms with E-state index in [4.69, 9.17) is 5.11 Å². The fourth-order valence-electron chi connectivity index (χ4n) is 6.69. The molecule has 1 heterocycles. The van der Waals surface area contributed by atoms with Gasteiger partial charge in [-0.05, 0) is 98.3 Å². The smallest absolute Gasteiger partial charge is 0.219 e. The molecule has 1 amide bonds. The molecule has 1 saturated heterocycles. The van der Waals surface area contributed by atoms with Gasteiger partial charge in [0.1, 0.15) is 0 Å². The second-order valence-corrected chi connectivity index (χ2v) is 12.1. The van der Waals surface area contributed by atoms with Crippen molar-refractivity contribution in [2.24, 2.45) is 11.3 Å². The van der Waals surface area contributed by atoms with Gasteiger partial charge in [0.15, 0.2) is 0 Å². The van der Waals surface area contributed by atoms with Crippen molar-refractivity contribution in [3.8, 4) is 0 Å². The third-order valence-electron chi connectivity index (χ3n) is 8.71. The van der Waals surface area contributed by atoms with Gasteiger partial charge in [0.25, 0.3) is 0 Å². The van der Waals surface area contributed by atoms with E-state index in [1.54, 1.807) is 13.8 Å². The van der Waals surface area contributed by atoms with Crippen LogP contribution in [0, 0.1) is 18.3 Å². The summed E-state index contributed by atoms with van der Waals surface area (Å²) in [4.78, 5) is 13.6. The minimum Gasteiger partial charge on any atom is -0.412 e. The molecule has 0 aromatic heterocycles. The molecule has 1 spiro atoms. The van der Waals surface area contributed by atoms with E-state index in [2.05, 4.69) is 81.4 Å². The molecule has 5 nitrogen and oxygen atoms in total. The van der Waals surface area contributed by atoms with Crippen LogP contribution < -0.4 is 5.32 Å². The van der Waals surface area contributed by atoms with Crippen LogP contribution in [0.3, 0.4) is 0 Å². The molecule has 2 unspecified atom stereocenters. The first kappa shape index (κ1) is 34.1. The zero-order chi connectivity index (χ0) is 29.8. The number of allylic oxidation sites excluding steroid dienone is 6. The number of fused-ring (bicyclic) bond motifs is 1. The summed E-state index contributed by atoms with van der Waals surface area (Å²) in [6, 6.07) is 7.08. The summed E-state index contributed by atoms with van der Waals surface area (Å²) >= 11 is 0. The van der Waals surface area contributed by atoms with E-state index in [1.165, 1.54) is 46.3 Å². The van der Waals surface area contributed by atoms with E-state index in [0.29, 0.717) is 17.3 Å². The number of nitrogens with one attached hydrogen (secondary N) is 1. The summed E-state index contributed by atoms with van der Waals surface area (Å²) in [5, 5.41) is 11.2. The highest BCUT2D eigenvalue weighted by Gasteiger charge is 2.54. The highest BCUT2D eigenvalue weighted by Crippen LogP contribution is 2.56. The third-order valence-corrected chi connectivity index (χ3v) is 8.71. The molecule has 4 N–H and O–H groups in total. The number of amides is 1. The van der Waals surface area contributed by atoms with Crippen LogP contribution in [0.25, 0.3) is 5.57 Å². The maximum Gasteiger partial charge on any atom is 0.219 e. The highest BCUT2D eigenvalue weighted by molar-refractivity contribution is 5.94. The fourth-order valence-corrected chi connectivity index (χ4v) is 6.69. The number of aliphatic hydroxyl groups excluding tert-OH is 1. The zero-order valence-electron chi connectivity index (χ0n) is 26.6. The van der Waals surface area contributed by atoms with E-state index in [0.717, 1.165) is 30.8 Å². The summed E-state index contributed by atoms with van der Waals surface area (Å²) in [6.45, 7) is 26.5. The number of aryl methyl sites for hydroxylation is 1. The maximum atomic E-state index is 11.6. The Morgan fingerprint density at radius 2 is 1.80 bits per heavy atom. The third kappa shape index (κ3) is 7.22. The van der Waals surface area contributed by atoms with Crippen molar-refractivity contribution < 1.29 is 16.8 Å². The monoisotopic (exact) mass is 562 g/mol. The van der Waals surface area contributed by atoms with Crippen LogP contribution >= 0.6 is 0 Å². The van der Waals surface area contributed by atoms with Crippen molar-refractivity contribution in [3.63, 3.8) is 0 Å². The Bertz CT molecular complexity index is 1290. The second-order valence-electron chi connectivity index (χ2n) is 12.1. The summed E-state index contributed by atoms with van der Waals surface area (Å²) in [6.07, 6.45) is 10.3. The van der Waals surface area contributed by atoms with Crippen LogP contribution in [-0.4, -0.2) is 46.6 Å². The van der Waals surface area contributed by atoms with Gasteiger partial charge >= 0.3 is 0 Å². The average molecular weight is 563 g/mol. The van der Waals surface area contributed by atoms with Crippen LogP contribution in [0.5, 0.6) is 0 Å². The molecule has 0 radical (unpaired) electrons. The van der Waals surface area contributed by atoms with Crippen LogP contribution in [0.4, 0.5) is 0 Å². The van der Waals surface area contributed by atoms with Crippen molar-refractivity contribution in [1.29, 1.82) is 0 Å². The number of hydrogen-bond acceptors (Lipinski definition) is 3. The maximum absolute atomic E-state index is 11.6. The predicted octanol–water partition coefficient (Wildman–Crippen LogP) is 7.05. The number of carbonyl (C=O) groups is 1. The number of hydrogen-bond donors (Lipinski definition) is 2. The molecule has 4 aliphatic rings. The van der Waals surface area contributed by atoms with Gasteiger partial charge in [0.05, 0.1) is 11.2 Å². The number of nitrogens with zero attached hydrogens (tertiary/aromatic N) is 1. The lowest BCUT2D eigenvalue weighted by Gasteiger charge is -2.60. The molecular weight excluding hydrogens is 508 g/mol. The van der Waals surface area contributed by atoms with Gasteiger partial charge in [-0.25, -0.2) is 0 Å². The molecule has 0 bridgehead atoms. The standard InChI is InChI=1S/C32H38N2O.C2H6O.C2H6.H2O.H2/c1-8-22(4)33-31(7)10-9-28-21(3)13-29(30(28)17-31)26-12-20(2)11-25(14-26)23(5)27-15-32(16-27)18-34(19-32)24(6)35;1-2-3;1-2;;/h9,11-14,17,23,27,33H,1,3,10,15-16,18-19H2,2,4-7H3;3H,2H2,1H3;1-2H3;1H2;1H. The quantitative estimate of drug-likeness (QED) is 0.377. The molecule has 2 atom stereocenters. The molecule has 1 aromatic rings. The van der Waals surface area contributed by atoms with Crippen LogP contribution in [0.1, 0.15) is 91.8 Å². The zero-order valence-corrected chi connectivity index (χ0v) is 26.6. The predicted molar refractivity (Wildman–Crippen MR) is 175 cm³/mol. The van der Waals surface area contributed by atoms with E-state index < -0.39 is 0 Å². The van der Waals surface area contributed by atoms with E-state index in [9.17, 15) is 4.79 Å². The van der Waals surface area contributed by atoms with E-state index in [1.807, 2.05) is 25.7 Å². The van der Waals surface area contributed by atoms with Gasteiger partial charge in [0, 0.05) is 33.5 Å². The Hall–Kier alpha value is -3.11. The lowest BCUT2D eigenvalue weighted by atomic mass is 9.54.